The van der Waals surface area contributed by atoms with Gasteiger partial charge in [0.15, 0.2) is 5.41 Å². The molecule has 0 bridgehead atoms. The van der Waals surface area contributed by atoms with Crippen molar-refractivity contribution in [2.75, 3.05) is 24.7 Å². The second kappa shape index (κ2) is 4.72. The van der Waals surface area contributed by atoms with Crippen molar-refractivity contribution in [1.29, 1.82) is 10.5 Å². The highest BCUT2D eigenvalue weighted by Gasteiger charge is 2.51. The monoisotopic (exact) mass is 301 g/mol. The Morgan fingerprint density at radius 2 is 1.91 bits per heavy atom. The molecule has 2 aliphatic heterocycles. The number of nitriles is 2. The van der Waals surface area contributed by atoms with Crippen molar-refractivity contribution in [3.8, 4) is 12.1 Å². The molecule has 8 nitrogen and oxygen atoms in total. The van der Waals surface area contributed by atoms with Crippen molar-refractivity contribution in [1.82, 2.24) is 9.13 Å². The molecule has 8 heteroatoms. The molecule has 1 saturated heterocycles. The third-order valence-electron chi connectivity index (χ3n) is 4.55. The molecule has 2 aliphatic rings. The number of rotatable bonds is 0. The summed E-state index contributed by atoms with van der Waals surface area (Å²) in [4.78, 5) is 26.4. The van der Waals surface area contributed by atoms with Gasteiger partial charge in [-0.1, -0.05) is 0 Å². The number of ether oxygens (including phenoxy) is 1. The lowest BCUT2D eigenvalue weighted by atomic mass is 9.74. The third kappa shape index (κ3) is 1.65. The smallest absolute Gasteiger partial charge is 0.332 e. The van der Waals surface area contributed by atoms with Crippen LogP contribution in [0.2, 0.25) is 0 Å². The molecule has 1 aromatic heterocycles. The summed E-state index contributed by atoms with van der Waals surface area (Å²) in [5.41, 5.74) is -1.88. The predicted octanol–water partition coefficient (Wildman–Crippen LogP) is -1.12. The van der Waals surface area contributed by atoms with Gasteiger partial charge in [0.1, 0.15) is 5.82 Å². The normalized spacial score (nSPS) is 22.2. The van der Waals surface area contributed by atoms with Crippen LogP contribution in [-0.2, 0) is 25.3 Å². The van der Waals surface area contributed by atoms with Crippen LogP contribution in [0, 0.1) is 28.1 Å². The van der Waals surface area contributed by atoms with E-state index < -0.39 is 22.7 Å². The zero-order chi connectivity index (χ0) is 16.1. The Balaban J connectivity index is 2.36. The van der Waals surface area contributed by atoms with Gasteiger partial charge in [-0.25, -0.2) is 4.79 Å². The summed E-state index contributed by atoms with van der Waals surface area (Å²) in [6.45, 7) is 1.08. The SMILES string of the molecule is Cn1c2c(c(=O)n(C)c1=O)CC(C#N)(C#N)[C@@H]1COCCN21. The Kier molecular flexibility index (Phi) is 3.08. The van der Waals surface area contributed by atoms with E-state index in [1.807, 2.05) is 0 Å². The molecule has 0 N–H and O–H groups in total. The largest absolute Gasteiger partial charge is 0.377 e. The second-order valence-corrected chi connectivity index (χ2v) is 5.66. The van der Waals surface area contributed by atoms with E-state index in [1.165, 1.54) is 11.6 Å². The first-order valence-electron chi connectivity index (χ1n) is 6.92. The topological polar surface area (TPSA) is 104 Å². The summed E-state index contributed by atoms with van der Waals surface area (Å²) in [6, 6.07) is 3.65. The minimum atomic E-state index is -1.35. The van der Waals surface area contributed by atoms with Gasteiger partial charge in [-0.2, -0.15) is 10.5 Å². The maximum Gasteiger partial charge on any atom is 0.332 e. The number of fused-ring (bicyclic) bond motifs is 3. The van der Waals surface area contributed by atoms with E-state index in [0.29, 0.717) is 24.5 Å². The van der Waals surface area contributed by atoms with E-state index >= 15 is 0 Å². The summed E-state index contributed by atoms with van der Waals surface area (Å²) >= 11 is 0. The fraction of sp³-hybridized carbons (Fsp3) is 0.571. The van der Waals surface area contributed by atoms with E-state index in [-0.39, 0.29) is 13.0 Å². The Labute approximate surface area is 126 Å². The van der Waals surface area contributed by atoms with Crippen LogP contribution in [0.15, 0.2) is 9.59 Å². The molecular formula is C14H15N5O3. The number of anilines is 1. The lowest BCUT2D eigenvalue weighted by Gasteiger charge is -2.47. The minimum Gasteiger partial charge on any atom is -0.377 e. The van der Waals surface area contributed by atoms with E-state index in [1.54, 1.807) is 11.9 Å². The predicted molar refractivity (Wildman–Crippen MR) is 76.2 cm³/mol. The van der Waals surface area contributed by atoms with Gasteiger partial charge >= 0.3 is 5.69 Å². The first-order chi connectivity index (χ1) is 10.5. The fourth-order valence-corrected chi connectivity index (χ4v) is 3.34. The van der Waals surface area contributed by atoms with Crippen LogP contribution >= 0.6 is 0 Å². The van der Waals surface area contributed by atoms with Crippen LogP contribution in [0.4, 0.5) is 5.82 Å². The Morgan fingerprint density at radius 3 is 2.55 bits per heavy atom. The molecule has 1 fully saturated rings. The van der Waals surface area contributed by atoms with Crippen LogP contribution in [-0.4, -0.2) is 34.9 Å². The molecule has 1 aromatic rings. The molecule has 114 valence electrons. The quantitative estimate of drug-likeness (QED) is 0.601. The maximum absolute atomic E-state index is 12.5. The van der Waals surface area contributed by atoms with Crippen molar-refractivity contribution in [2.24, 2.45) is 19.5 Å². The molecule has 0 amide bonds. The minimum absolute atomic E-state index is 0.000648. The molecule has 22 heavy (non-hydrogen) atoms. The maximum atomic E-state index is 12.5. The van der Waals surface area contributed by atoms with Gasteiger partial charge in [0, 0.05) is 27.1 Å². The number of nitrogens with zero attached hydrogens (tertiary/aromatic N) is 5. The van der Waals surface area contributed by atoms with Gasteiger partial charge in [-0.3, -0.25) is 13.9 Å². The van der Waals surface area contributed by atoms with Crippen molar-refractivity contribution in [2.45, 2.75) is 12.5 Å². The molecule has 1 atom stereocenters. The molecule has 0 spiro atoms. The standard InChI is InChI=1S/C14H15N5O3/c1-17-11-9(12(20)18(2)13(17)21)5-14(7-15,8-16)10-6-22-4-3-19(10)11/h10H,3-6H2,1-2H3/t10-/m0/s1. The number of hydrogen-bond donors (Lipinski definition) is 0. The molecule has 3 rings (SSSR count). The lowest BCUT2D eigenvalue weighted by molar-refractivity contribution is 0.0667. The molecule has 3 heterocycles. The van der Waals surface area contributed by atoms with Gasteiger partial charge in [-0.05, 0) is 0 Å². The van der Waals surface area contributed by atoms with E-state index in [0.717, 1.165) is 4.57 Å². The van der Waals surface area contributed by atoms with Crippen molar-refractivity contribution < 1.29 is 4.74 Å². The lowest BCUT2D eigenvalue weighted by Crippen LogP contribution is -2.61. The van der Waals surface area contributed by atoms with E-state index in [4.69, 9.17) is 4.74 Å². The average Bonchev–Trinajstić information content (AvgIpc) is 2.56. The summed E-state index contributed by atoms with van der Waals surface area (Å²) in [5, 5.41) is 19.1. The zero-order valence-electron chi connectivity index (χ0n) is 12.4. The number of aromatic nitrogens is 2. The third-order valence-corrected chi connectivity index (χ3v) is 4.55. The van der Waals surface area contributed by atoms with Crippen molar-refractivity contribution in [3.05, 3.63) is 26.4 Å². The molecule has 0 aliphatic carbocycles. The molecule has 0 aromatic carbocycles. The Morgan fingerprint density at radius 1 is 1.23 bits per heavy atom. The Hall–Kier alpha value is -2.58. The van der Waals surface area contributed by atoms with Crippen molar-refractivity contribution in [3.63, 3.8) is 0 Å². The average molecular weight is 301 g/mol. The zero-order valence-corrected chi connectivity index (χ0v) is 12.4. The first kappa shape index (κ1) is 14.4. The summed E-state index contributed by atoms with van der Waals surface area (Å²) in [5.74, 6) is 0.502. The second-order valence-electron chi connectivity index (χ2n) is 5.66. The van der Waals surface area contributed by atoms with E-state index in [2.05, 4.69) is 12.1 Å². The van der Waals surface area contributed by atoms with Crippen LogP contribution < -0.4 is 16.1 Å². The van der Waals surface area contributed by atoms with Gasteiger partial charge in [-0.15, -0.1) is 0 Å². The summed E-state index contributed by atoms with van der Waals surface area (Å²) in [7, 11) is 3.00. The highest BCUT2D eigenvalue weighted by Crippen LogP contribution is 2.40. The van der Waals surface area contributed by atoms with Crippen LogP contribution in [0.25, 0.3) is 0 Å². The highest BCUT2D eigenvalue weighted by atomic mass is 16.5. The highest BCUT2D eigenvalue weighted by molar-refractivity contribution is 5.55. The van der Waals surface area contributed by atoms with Gasteiger partial charge in [0.25, 0.3) is 5.56 Å². The number of hydrogen-bond acceptors (Lipinski definition) is 6. The van der Waals surface area contributed by atoms with E-state index in [9.17, 15) is 20.1 Å². The van der Waals surface area contributed by atoms with Crippen LogP contribution in [0.5, 0.6) is 0 Å². The molecule has 0 unspecified atom stereocenters. The molecule has 0 radical (unpaired) electrons. The van der Waals surface area contributed by atoms with Gasteiger partial charge < -0.3 is 9.64 Å². The van der Waals surface area contributed by atoms with Crippen LogP contribution in [0.1, 0.15) is 5.56 Å². The van der Waals surface area contributed by atoms with Crippen LogP contribution in [0.3, 0.4) is 0 Å². The molecular weight excluding hydrogens is 286 g/mol. The van der Waals surface area contributed by atoms with Gasteiger partial charge in [0.2, 0.25) is 0 Å². The van der Waals surface area contributed by atoms with Crippen molar-refractivity contribution >= 4 is 5.82 Å². The molecule has 0 saturated carbocycles. The first-order valence-corrected chi connectivity index (χ1v) is 6.92. The number of morpholine rings is 1. The summed E-state index contributed by atoms with van der Waals surface area (Å²) < 4.78 is 7.85. The summed E-state index contributed by atoms with van der Waals surface area (Å²) in [6.07, 6.45) is 0.000648. The fourth-order valence-electron chi connectivity index (χ4n) is 3.34. The Bertz CT molecular complexity index is 824. The van der Waals surface area contributed by atoms with Gasteiger partial charge in [0.05, 0.1) is 37.0 Å².